The van der Waals surface area contributed by atoms with Gasteiger partial charge in [-0.15, -0.1) is 0 Å². The number of hydrogen-bond acceptors (Lipinski definition) is 7. The van der Waals surface area contributed by atoms with Crippen LogP contribution in [-0.4, -0.2) is 39.9 Å². The smallest absolute Gasteiger partial charge is 0.296 e. The van der Waals surface area contributed by atoms with E-state index in [2.05, 4.69) is 4.98 Å². The fourth-order valence-electron chi connectivity index (χ4n) is 3.98. The van der Waals surface area contributed by atoms with E-state index in [0.717, 1.165) is 0 Å². The molecule has 1 N–H and O–H groups in total. The first-order valence-corrected chi connectivity index (χ1v) is 11.1. The average Bonchev–Trinajstić information content (AvgIpc) is 3.36. The topological polar surface area (TPSA) is 102 Å². The summed E-state index contributed by atoms with van der Waals surface area (Å²) in [5, 5.41) is 11.4. The highest BCUT2D eigenvalue weighted by Gasteiger charge is 2.48. The molecule has 1 aliphatic rings. The molecule has 3 heterocycles. The Morgan fingerprint density at radius 2 is 1.88 bits per heavy atom. The van der Waals surface area contributed by atoms with Crippen molar-refractivity contribution in [2.45, 2.75) is 33.4 Å². The maximum absolute atomic E-state index is 13.2. The van der Waals surface area contributed by atoms with Crippen LogP contribution in [0, 0.1) is 6.92 Å². The van der Waals surface area contributed by atoms with Gasteiger partial charge in [0, 0.05) is 12.3 Å². The van der Waals surface area contributed by atoms with Gasteiger partial charge < -0.3 is 23.9 Å². The normalized spacial score (nSPS) is 17.3. The number of aromatic nitrogens is 1. The van der Waals surface area contributed by atoms with Crippen LogP contribution in [0.25, 0.3) is 5.76 Å². The lowest BCUT2D eigenvalue weighted by Crippen LogP contribution is -2.29. The maximum atomic E-state index is 13.2. The van der Waals surface area contributed by atoms with Crippen molar-refractivity contribution in [1.82, 2.24) is 9.88 Å². The second-order valence-corrected chi connectivity index (χ2v) is 7.72. The number of amides is 1. The van der Waals surface area contributed by atoms with Crippen LogP contribution in [0.4, 0.5) is 0 Å². The summed E-state index contributed by atoms with van der Waals surface area (Å²) in [5.41, 5.74) is 0.823. The minimum Gasteiger partial charge on any atom is -0.507 e. The van der Waals surface area contributed by atoms with Gasteiger partial charge >= 0.3 is 0 Å². The number of nitrogens with zero attached hydrogens (tertiary/aromatic N) is 2. The molecule has 0 spiro atoms. The summed E-state index contributed by atoms with van der Waals surface area (Å²) in [5.74, 6) is 0.0199. The molecule has 8 nitrogen and oxygen atoms in total. The van der Waals surface area contributed by atoms with Gasteiger partial charge in [-0.25, -0.2) is 0 Å². The molecular weight excluding hydrogens is 436 g/mol. The Kier molecular flexibility index (Phi) is 6.67. The lowest BCUT2D eigenvalue weighted by atomic mass is 9.98. The summed E-state index contributed by atoms with van der Waals surface area (Å²) < 4.78 is 17.1. The van der Waals surface area contributed by atoms with Gasteiger partial charge in [-0.05, 0) is 57.2 Å². The number of aryl methyl sites for hydroxylation is 1. The number of carbonyl (C=O) groups is 2. The Balaban J connectivity index is 1.86. The summed E-state index contributed by atoms with van der Waals surface area (Å²) in [4.78, 5) is 32.0. The lowest BCUT2D eigenvalue weighted by molar-refractivity contribution is -0.140. The van der Waals surface area contributed by atoms with E-state index in [1.807, 2.05) is 13.8 Å². The largest absolute Gasteiger partial charge is 0.507 e. The number of pyridine rings is 1. The first-order valence-electron chi connectivity index (χ1n) is 11.1. The molecule has 34 heavy (non-hydrogen) atoms. The molecule has 0 saturated carbocycles. The van der Waals surface area contributed by atoms with E-state index in [1.54, 1.807) is 61.7 Å². The second-order valence-electron chi connectivity index (χ2n) is 7.72. The van der Waals surface area contributed by atoms with E-state index >= 15 is 0 Å². The number of hydrogen-bond donors (Lipinski definition) is 1. The Hall–Kier alpha value is -4.07. The number of furan rings is 1. The van der Waals surface area contributed by atoms with Crippen LogP contribution in [-0.2, 0) is 16.1 Å². The van der Waals surface area contributed by atoms with Gasteiger partial charge in [-0.1, -0.05) is 6.07 Å². The van der Waals surface area contributed by atoms with Crippen molar-refractivity contribution < 1.29 is 28.6 Å². The summed E-state index contributed by atoms with van der Waals surface area (Å²) in [7, 11) is 0. The molecule has 0 bridgehead atoms. The van der Waals surface area contributed by atoms with Gasteiger partial charge in [0.2, 0.25) is 0 Å². The number of aliphatic hydroxyl groups excluding tert-OH is 1. The summed E-state index contributed by atoms with van der Waals surface area (Å²) in [6.07, 6.45) is 1.62. The van der Waals surface area contributed by atoms with Crippen molar-refractivity contribution in [3.63, 3.8) is 0 Å². The molecule has 0 aliphatic carbocycles. The Labute approximate surface area is 197 Å². The van der Waals surface area contributed by atoms with Crippen LogP contribution < -0.4 is 9.47 Å². The van der Waals surface area contributed by atoms with Crippen molar-refractivity contribution in [1.29, 1.82) is 0 Å². The number of ketones is 1. The third-order valence-electron chi connectivity index (χ3n) is 5.45. The van der Waals surface area contributed by atoms with Gasteiger partial charge in [-0.2, -0.15) is 0 Å². The van der Waals surface area contributed by atoms with Crippen LogP contribution in [0.2, 0.25) is 0 Å². The Morgan fingerprint density at radius 3 is 2.53 bits per heavy atom. The molecule has 2 aromatic heterocycles. The van der Waals surface area contributed by atoms with E-state index in [4.69, 9.17) is 13.9 Å². The molecule has 8 heteroatoms. The van der Waals surface area contributed by atoms with Crippen molar-refractivity contribution in [2.75, 3.05) is 13.2 Å². The van der Waals surface area contributed by atoms with E-state index < -0.39 is 17.7 Å². The monoisotopic (exact) mass is 462 g/mol. The number of rotatable bonds is 8. The van der Waals surface area contributed by atoms with Crippen LogP contribution in [0.3, 0.4) is 0 Å². The average molecular weight is 463 g/mol. The molecule has 1 atom stereocenters. The molecule has 0 radical (unpaired) electrons. The predicted molar refractivity (Wildman–Crippen MR) is 124 cm³/mol. The molecule has 3 aromatic rings. The van der Waals surface area contributed by atoms with Gasteiger partial charge in [0.15, 0.2) is 0 Å². The van der Waals surface area contributed by atoms with Crippen LogP contribution in [0.15, 0.2) is 64.7 Å². The highest BCUT2D eigenvalue weighted by Crippen LogP contribution is 2.42. The Morgan fingerprint density at radius 1 is 1.09 bits per heavy atom. The van der Waals surface area contributed by atoms with Gasteiger partial charge in [-0.3, -0.25) is 14.6 Å². The maximum Gasteiger partial charge on any atom is 0.296 e. The van der Waals surface area contributed by atoms with Gasteiger partial charge in [0.1, 0.15) is 34.8 Å². The zero-order valence-electron chi connectivity index (χ0n) is 19.3. The van der Waals surface area contributed by atoms with E-state index in [0.29, 0.717) is 41.9 Å². The number of ether oxygens (including phenoxy) is 2. The molecule has 1 amide bonds. The quantitative estimate of drug-likeness (QED) is 0.301. The van der Waals surface area contributed by atoms with Crippen LogP contribution >= 0.6 is 0 Å². The van der Waals surface area contributed by atoms with Crippen molar-refractivity contribution in [3.8, 4) is 11.5 Å². The van der Waals surface area contributed by atoms with E-state index in [9.17, 15) is 14.7 Å². The molecule has 176 valence electrons. The summed E-state index contributed by atoms with van der Waals surface area (Å²) >= 11 is 0. The number of benzene rings is 1. The summed E-state index contributed by atoms with van der Waals surface area (Å²) in [6.45, 7) is 6.33. The third kappa shape index (κ3) is 4.39. The highest BCUT2D eigenvalue weighted by atomic mass is 16.5. The first-order chi connectivity index (χ1) is 16.4. The Bertz CT molecular complexity index is 1230. The molecule has 1 saturated heterocycles. The fourth-order valence-corrected chi connectivity index (χ4v) is 3.98. The SMILES string of the molecule is CCOc1ccc(/C(O)=C2/C(=O)C(=O)N(Cc3ccccn3)C2c2ccc(C)o2)c(OCC)c1. The van der Waals surface area contributed by atoms with Gasteiger partial charge in [0.25, 0.3) is 11.7 Å². The second kappa shape index (κ2) is 9.82. The molecule has 1 aromatic carbocycles. The molecular formula is C26H26N2O6. The molecule has 1 fully saturated rings. The zero-order chi connectivity index (χ0) is 24.2. The number of aliphatic hydroxyl groups is 1. The minimum absolute atomic E-state index is 0.0691. The number of Topliss-reactive ketones (excluding diaryl/α,β-unsaturated/α-hetero) is 1. The highest BCUT2D eigenvalue weighted by molar-refractivity contribution is 6.46. The first kappa shape index (κ1) is 23.1. The number of likely N-dealkylation sites (tertiary alicyclic amines) is 1. The van der Waals surface area contributed by atoms with Crippen molar-refractivity contribution in [2.24, 2.45) is 0 Å². The van der Waals surface area contributed by atoms with Gasteiger partial charge in [0.05, 0.1) is 36.6 Å². The van der Waals surface area contributed by atoms with Crippen LogP contribution in [0.5, 0.6) is 11.5 Å². The fraction of sp³-hybridized carbons (Fsp3) is 0.269. The van der Waals surface area contributed by atoms with Crippen molar-refractivity contribution >= 4 is 17.4 Å². The molecule has 1 aliphatic heterocycles. The third-order valence-corrected chi connectivity index (χ3v) is 5.45. The number of carbonyl (C=O) groups excluding carboxylic acids is 2. The van der Waals surface area contributed by atoms with E-state index in [1.165, 1.54) is 4.90 Å². The summed E-state index contributed by atoms with van der Waals surface area (Å²) in [6, 6.07) is 12.8. The predicted octanol–water partition coefficient (Wildman–Crippen LogP) is 4.40. The molecule has 1 unspecified atom stereocenters. The minimum atomic E-state index is -0.920. The van der Waals surface area contributed by atoms with E-state index in [-0.39, 0.29) is 23.4 Å². The molecule has 4 rings (SSSR count). The lowest BCUT2D eigenvalue weighted by Gasteiger charge is -2.23. The van der Waals surface area contributed by atoms with Crippen molar-refractivity contribution in [3.05, 3.63) is 83.1 Å². The standard InChI is InChI=1S/C26H26N2O6/c1-4-32-18-10-11-19(21(14-18)33-5-2)24(29)22-23(20-12-9-16(3)34-20)28(26(31)25(22)30)15-17-8-6-7-13-27-17/h6-14,23,29H,4-5,15H2,1-3H3/b24-22-. The van der Waals surface area contributed by atoms with Crippen LogP contribution in [0.1, 0.15) is 42.7 Å². The zero-order valence-corrected chi connectivity index (χ0v) is 19.3.